The topological polar surface area (TPSA) is 99.4 Å². The van der Waals surface area contributed by atoms with E-state index in [-0.39, 0.29) is 32.0 Å². The Balaban J connectivity index is 0. The molecule has 29 heavy (non-hydrogen) atoms. The number of unbranched alkanes of at least 4 members (excludes halogenated alkanes) is 6. The van der Waals surface area contributed by atoms with E-state index in [1.54, 1.807) is 0 Å². The molecule has 0 spiro atoms. The number of rotatable bonds is 18. The molecule has 3 unspecified atom stereocenters. The van der Waals surface area contributed by atoms with Crippen molar-refractivity contribution in [3.05, 3.63) is 0 Å². The van der Waals surface area contributed by atoms with Gasteiger partial charge in [-0.25, -0.2) is 0 Å². The van der Waals surface area contributed by atoms with E-state index in [4.69, 9.17) is 29.9 Å². The number of aliphatic hydroxyl groups is 4. The Kier molecular flexibility index (Phi) is 22.4. The lowest BCUT2D eigenvalue weighted by Gasteiger charge is -2.33. The number of aliphatic hydroxyl groups excluding tert-OH is 4. The van der Waals surface area contributed by atoms with Gasteiger partial charge in [0, 0.05) is 7.11 Å². The molecule has 0 aromatic heterocycles. The van der Waals surface area contributed by atoms with Gasteiger partial charge in [0.15, 0.2) is 0 Å². The summed E-state index contributed by atoms with van der Waals surface area (Å²) in [5.74, 6) is 0.730. The van der Waals surface area contributed by atoms with E-state index in [9.17, 15) is 0 Å². The van der Waals surface area contributed by atoms with Gasteiger partial charge in [-0.2, -0.15) is 0 Å². The average molecular weight is 423 g/mol. The van der Waals surface area contributed by atoms with Crippen LogP contribution in [0.5, 0.6) is 0 Å². The van der Waals surface area contributed by atoms with Gasteiger partial charge in [0.1, 0.15) is 12.2 Å². The molecule has 0 aliphatic heterocycles. The van der Waals surface area contributed by atoms with Gasteiger partial charge in [-0.05, 0) is 32.6 Å². The summed E-state index contributed by atoms with van der Waals surface area (Å²) in [4.78, 5) is 0. The molecule has 0 radical (unpaired) electrons. The molecule has 4 N–H and O–H groups in total. The molecule has 3 atom stereocenters. The van der Waals surface area contributed by atoms with Crippen molar-refractivity contribution in [1.82, 2.24) is 0 Å². The Bertz CT molecular complexity index is 314. The SMILES string of the molecule is CCCCCCCCC(CCCC)C(C)(C)OC.OCC(O)COCC(O)CO. The highest BCUT2D eigenvalue weighted by Gasteiger charge is 2.27. The molecule has 0 saturated carbocycles. The molecule has 0 rings (SSSR count). The van der Waals surface area contributed by atoms with Gasteiger partial charge in [0.25, 0.3) is 0 Å². The number of methoxy groups -OCH3 is 1. The molecule has 0 amide bonds. The van der Waals surface area contributed by atoms with E-state index < -0.39 is 12.2 Å². The molecular formula is C23H50O6. The van der Waals surface area contributed by atoms with E-state index in [0.29, 0.717) is 0 Å². The maximum atomic E-state index is 8.72. The van der Waals surface area contributed by atoms with Crippen molar-refractivity contribution in [2.45, 2.75) is 110 Å². The van der Waals surface area contributed by atoms with E-state index >= 15 is 0 Å². The Morgan fingerprint density at radius 2 is 1.17 bits per heavy atom. The Morgan fingerprint density at radius 1 is 0.724 bits per heavy atom. The first-order valence-corrected chi connectivity index (χ1v) is 11.5. The first-order chi connectivity index (χ1) is 13.8. The summed E-state index contributed by atoms with van der Waals surface area (Å²) in [5.41, 5.74) is 0.0542. The summed E-state index contributed by atoms with van der Waals surface area (Å²) in [6.45, 7) is 8.27. The molecule has 0 fully saturated rings. The van der Waals surface area contributed by atoms with E-state index in [2.05, 4.69) is 27.7 Å². The molecule has 0 aromatic carbocycles. The van der Waals surface area contributed by atoms with Gasteiger partial charge in [0.2, 0.25) is 0 Å². The monoisotopic (exact) mass is 422 g/mol. The molecule has 0 aromatic rings. The Morgan fingerprint density at radius 3 is 1.62 bits per heavy atom. The largest absolute Gasteiger partial charge is 0.394 e. The lowest BCUT2D eigenvalue weighted by Crippen LogP contribution is -2.33. The van der Waals surface area contributed by atoms with Gasteiger partial charge in [-0.15, -0.1) is 0 Å². The molecule has 0 aliphatic rings. The molecule has 178 valence electrons. The van der Waals surface area contributed by atoms with Gasteiger partial charge in [0.05, 0.1) is 32.0 Å². The van der Waals surface area contributed by atoms with Crippen LogP contribution in [-0.4, -0.2) is 71.8 Å². The highest BCUT2D eigenvalue weighted by molar-refractivity contribution is 4.79. The van der Waals surface area contributed by atoms with Crippen LogP contribution in [0.15, 0.2) is 0 Å². The second kappa shape index (κ2) is 21.0. The summed E-state index contributed by atoms with van der Waals surface area (Å²) in [7, 11) is 1.86. The van der Waals surface area contributed by atoms with Gasteiger partial charge < -0.3 is 29.9 Å². The Labute approximate surface area is 179 Å². The highest BCUT2D eigenvalue weighted by Crippen LogP contribution is 2.30. The lowest BCUT2D eigenvalue weighted by molar-refractivity contribution is -0.0364. The van der Waals surface area contributed by atoms with Crippen LogP contribution in [0.3, 0.4) is 0 Å². The normalized spacial score (nSPS) is 14.8. The minimum Gasteiger partial charge on any atom is -0.394 e. The maximum Gasteiger partial charge on any atom is 0.100 e. The number of ether oxygens (including phenoxy) is 2. The van der Waals surface area contributed by atoms with Gasteiger partial charge in [-0.3, -0.25) is 0 Å². The molecule has 6 heteroatoms. The molecule has 6 nitrogen and oxygen atoms in total. The number of hydrogen-bond acceptors (Lipinski definition) is 6. The average Bonchev–Trinajstić information content (AvgIpc) is 2.72. The van der Waals surface area contributed by atoms with Crippen molar-refractivity contribution in [3.63, 3.8) is 0 Å². The summed E-state index contributed by atoms with van der Waals surface area (Å²) in [5, 5.41) is 34.1. The van der Waals surface area contributed by atoms with Crippen LogP contribution < -0.4 is 0 Å². The predicted octanol–water partition coefficient (Wildman–Crippen LogP) is 3.68. The Hall–Kier alpha value is -0.240. The fourth-order valence-electron chi connectivity index (χ4n) is 3.07. The molecular weight excluding hydrogens is 372 g/mol. The first kappa shape index (κ1) is 30.9. The summed E-state index contributed by atoms with van der Waals surface area (Å²) >= 11 is 0. The van der Waals surface area contributed by atoms with Crippen molar-refractivity contribution in [3.8, 4) is 0 Å². The fraction of sp³-hybridized carbons (Fsp3) is 1.00. The second-order valence-corrected chi connectivity index (χ2v) is 8.41. The van der Waals surface area contributed by atoms with E-state index in [1.807, 2.05) is 7.11 Å². The van der Waals surface area contributed by atoms with Crippen molar-refractivity contribution >= 4 is 0 Å². The number of hydrogen-bond donors (Lipinski definition) is 4. The quantitative estimate of drug-likeness (QED) is 0.252. The second-order valence-electron chi connectivity index (χ2n) is 8.41. The first-order valence-electron chi connectivity index (χ1n) is 11.5. The van der Waals surface area contributed by atoms with E-state index in [1.165, 1.54) is 64.2 Å². The standard InChI is InChI=1S/C17H36O.C6H14O5/c1-6-8-10-11-12-13-15-16(14-9-7-2)17(3,4)18-5;7-1-5(9)3-11-4-6(10)2-8/h16H,6-15H2,1-5H3;5-10H,1-4H2. The zero-order valence-electron chi connectivity index (χ0n) is 19.7. The van der Waals surface area contributed by atoms with Crippen LogP contribution in [0.4, 0.5) is 0 Å². The highest BCUT2D eigenvalue weighted by atomic mass is 16.5. The van der Waals surface area contributed by atoms with Crippen LogP contribution in [0.25, 0.3) is 0 Å². The summed E-state index contributed by atoms with van der Waals surface area (Å²) in [6, 6.07) is 0. The third-order valence-electron chi connectivity index (χ3n) is 5.36. The van der Waals surface area contributed by atoms with Crippen LogP contribution in [-0.2, 0) is 9.47 Å². The van der Waals surface area contributed by atoms with Gasteiger partial charge >= 0.3 is 0 Å². The van der Waals surface area contributed by atoms with Crippen LogP contribution >= 0.6 is 0 Å². The van der Waals surface area contributed by atoms with Gasteiger partial charge in [-0.1, -0.05) is 65.2 Å². The van der Waals surface area contributed by atoms with Crippen molar-refractivity contribution in [2.24, 2.45) is 5.92 Å². The maximum absolute atomic E-state index is 8.72. The minimum absolute atomic E-state index is 0.0342. The fourth-order valence-corrected chi connectivity index (χ4v) is 3.07. The lowest BCUT2D eigenvalue weighted by atomic mass is 9.82. The van der Waals surface area contributed by atoms with Crippen molar-refractivity contribution in [2.75, 3.05) is 33.5 Å². The third-order valence-corrected chi connectivity index (χ3v) is 5.36. The predicted molar refractivity (Wildman–Crippen MR) is 119 cm³/mol. The van der Waals surface area contributed by atoms with Crippen LogP contribution in [0.1, 0.15) is 91.9 Å². The molecule has 0 aliphatic carbocycles. The summed E-state index contributed by atoms with van der Waals surface area (Å²) in [6.07, 6.45) is 11.8. The molecule has 0 bridgehead atoms. The van der Waals surface area contributed by atoms with Crippen LogP contribution in [0.2, 0.25) is 0 Å². The van der Waals surface area contributed by atoms with Crippen molar-refractivity contribution in [1.29, 1.82) is 0 Å². The van der Waals surface area contributed by atoms with Crippen molar-refractivity contribution < 1.29 is 29.9 Å². The molecule has 0 heterocycles. The molecule has 0 saturated heterocycles. The smallest absolute Gasteiger partial charge is 0.100 e. The zero-order valence-corrected chi connectivity index (χ0v) is 19.7. The summed E-state index contributed by atoms with van der Waals surface area (Å²) < 4.78 is 10.4. The van der Waals surface area contributed by atoms with Crippen LogP contribution in [0, 0.1) is 5.92 Å². The zero-order chi connectivity index (χ0) is 22.5. The minimum atomic E-state index is -0.916. The third kappa shape index (κ3) is 19.5. The van der Waals surface area contributed by atoms with E-state index in [0.717, 1.165) is 5.92 Å².